The number of aromatic nitrogens is 2. The Hall–Kier alpha value is -1.59. The summed E-state index contributed by atoms with van der Waals surface area (Å²) in [6.07, 6.45) is 2.95. The summed E-state index contributed by atoms with van der Waals surface area (Å²) in [6.45, 7) is 15.6. The summed E-state index contributed by atoms with van der Waals surface area (Å²) >= 11 is 0. The van der Waals surface area contributed by atoms with Gasteiger partial charge in [0.25, 0.3) is 0 Å². The molecule has 0 radical (unpaired) electrons. The second-order valence-corrected chi connectivity index (χ2v) is 12.9. The Balaban J connectivity index is 1.80. The second-order valence-electron chi connectivity index (χ2n) is 8.08. The van der Waals surface area contributed by atoms with Crippen molar-refractivity contribution in [3.63, 3.8) is 0 Å². The summed E-state index contributed by atoms with van der Waals surface area (Å²) in [4.78, 5) is 0. The fraction of sp³-hybridized carbons (Fsp3) is 0.550. The highest BCUT2D eigenvalue weighted by molar-refractivity contribution is 6.74. The third kappa shape index (κ3) is 5.72. The first-order valence-corrected chi connectivity index (χ1v) is 11.9. The molecule has 1 aromatic carbocycles. The van der Waals surface area contributed by atoms with Crippen molar-refractivity contribution < 1.29 is 9.16 Å². The lowest BCUT2D eigenvalue weighted by molar-refractivity contribution is 0.272. The quantitative estimate of drug-likeness (QED) is 0.480. The molecule has 0 amide bonds. The molecule has 25 heavy (non-hydrogen) atoms. The van der Waals surface area contributed by atoms with E-state index < -0.39 is 8.32 Å². The van der Waals surface area contributed by atoms with Gasteiger partial charge in [-0.25, -0.2) is 0 Å². The van der Waals surface area contributed by atoms with E-state index in [0.717, 1.165) is 36.6 Å². The van der Waals surface area contributed by atoms with Crippen LogP contribution >= 0.6 is 0 Å². The van der Waals surface area contributed by atoms with Gasteiger partial charge in [0.1, 0.15) is 12.3 Å². The Morgan fingerprint density at radius 1 is 1.12 bits per heavy atom. The molecule has 0 unspecified atom stereocenters. The van der Waals surface area contributed by atoms with Gasteiger partial charge >= 0.3 is 0 Å². The van der Waals surface area contributed by atoms with Crippen LogP contribution < -0.4 is 4.74 Å². The molecule has 5 heteroatoms. The van der Waals surface area contributed by atoms with E-state index in [-0.39, 0.29) is 5.04 Å². The number of rotatable bonds is 8. The molecule has 0 saturated carbocycles. The van der Waals surface area contributed by atoms with Crippen molar-refractivity contribution in [2.45, 2.75) is 65.4 Å². The van der Waals surface area contributed by atoms with Crippen molar-refractivity contribution in [2.75, 3.05) is 6.61 Å². The summed E-state index contributed by atoms with van der Waals surface area (Å²) < 4.78 is 14.1. The molecule has 0 saturated heterocycles. The molecule has 0 atom stereocenters. The number of hydrogen-bond donors (Lipinski definition) is 0. The van der Waals surface area contributed by atoms with Gasteiger partial charge in [0.2, 0.25) is 0 Å². The fourth-order valence-corrected chi connectivity index (χ4v) is 3.35. The predicted octanol–water partition coefficient (Wildman–Crippen LogP) is 5.18. The molecule has 0 N–H and O–H groups in total. The van der Waals surface area contributed by atoms with Gasteiger partial charge in [-0.3, -0.25) is 4.68 Å². The van der Waals surface area contributed by atoms with Crippen LogP contribution in [0, 0.1) is 6.92 Å². The zero-order valence-electron chi connectivity index (χ0n) is 16.5. The topological polar surface area (TPSA) is 36.3 Å². The van der Waals surface area contributed by atoms with Crippen LogP contribution in [0.2, 0.25) is 18.1 Å². The van der Waals surface area contributed by atoms with Gasteiger partial charge in [0.05, 0.1) is 6.20 Å². The lowest BCUT2D eigenvalue weighted by Crippen LogP contribution is -2.41. The Kier molecular flexibility index (Phi) is 6.46. The van der Waals surface area contributed by atoms with Crippen LogP contribution in [0.1, 0.15) is 38.4 Å². The van der Waals surface area contributed by atoms with Crippen molar-refractivity contribution in [3.05, 3.63) is 47.8 Å². The Morgan fingerprint density at radius 3 is 2.44 bits per heavy atom. The molecule has 1 aromatic heterocycles. The van der Waals surface area contributed by atoms with Gasteiger partial charge in [0, 0.05) is 13.2 Å². The highest BCUT2D eigenvalue weighted by atomic mass is 28.4. The zero-order chi connectivity index (χ0) is 18.5. The fourth-order valence-electron chi connectivity index (χ4n) is 2.26. The minimum absolute atomic E-state index is 0.258. The first-order valence-electron chi connectivity index (χ1n) is 9.04. The van der Waals surface area contributed by atoms with E-state index in [4.69, 9.17) is 9.16 Å². The number of aryl methyl sites for hydroxylation is 2. The summed E-state index contributed by atoms with van der Waals surface area (Å²) in [7, 11) is -1.65. The molecule has 0 spiro atoms. The molecule has 0 aliphatic rings. The molecular weight excluding hydrogens is 328 g/mol. The third-order valence-electron chi connectivity index (χ3n) is 4.94. The number of ether oxygens (including phenoxy) is 1. The van der Waals surface area contributed by atoms with Crippen LogP contribution in [0.15, 0.2) is 36.5 Å². The summed E-state index contributed by atoms with van der Waals surface area (Å²) in [5.41, 5.74) is 2.10. The molecule has 2 rings (SSSR count). The van der Waals surface area contributed by atoms with E-state index in [9.17, 15) is 0 Å². The molecule has 0 fully saturated rings. The van der Waals surface area contributed by atoms with Gasteiger partial charge in [-0.15, -0.1) is 0 Å². The van der Waals surface area contributed by atoms with Crippen molar-refractivity contribution in [1.82, 2.24) is 9.78 Å². The van der Waals surface area contributed by atoms with Crippen molar-refractivity contribution in [2.24, 2.45) is 0 Å². The van der Waals surface area contributed by atoms with Crippen LogP contribution in [0.25, 0.3) is 0 Å². The zero-order valence-corrected chi connectivity index (χ0v) is 17.5. The van der Waals surface area contributed by atoms with E-state index in [1.165, 1.54) is 0 Å². The first-order chi connectivity index (χ1) is 11.7. The van der Waals surface area contributed by atoms with Crippen molar-refractivity contribution in [1.29, 1.82) is 0 Å². The van der Waals surface area contributed by atoms with Gasteiger partial charge in [-0.1, -0.05) is 51.1 Å². The third-order valence-corrected chi connectivity index (χ3v) is 9.48. The van der Waals surface area contributed by atoms with Gasteiger partial charge < -0.3 is 9.16 Å². The Labute approximate surface area is 153 Å². The molecule has 0 aliphatic carbocycles. The Morgan fingerprint density at radius 2 is 1.80 bits per heavy atom. The van der Waals surface area contributed by atoms with Crippen LogP contribution in [0.3, 0.4) is 0 Å². The standard InChI is InChI=1S/C20H32N2O2Si/c1-17-19(23-16-18-11-8-7-9-12-18)15-22(21-17)13-10-14-24-25(5,6)20(2,3)4/h7-9,11-12,15H,10,13-14,16H2,1-6H3. The highest BCUT2D eigenvalue weighted by Gasteiger charge is 2.36. The lowest BCUT2D eigenvalue weighted by atomic mass is 10.2. The molecular formula is C20H32N2O2Si. The SMILES string of the molecule is Cc1nn(CCCO[Si](C)(C)C(C)(C)C)cc1OCc1ccccc1. The normalized spacial score (nSPS) is 12.4. The van der Waals surface area contributed by atoms with E-state index in [2.05, 4.69) is 51.1 Å². The monoisotopic (exact) mass is 360 g/mol. The van der Waals surface area contributed by atoms with Crippen molar-refractivity contribution in [3.8, 4) is 5.75 Å². The van der Waals surface area contributed by atoms with Gasteiger partial charge in [0.15, 0.2) is 14.1 Å². The molecule has 0 bridgehead atoms. The maximum absolute atomic E-state index is 6.22. The maximum atomic E-state index is 6.22. The molecule has 2 aromatic rings. The number of nitrogens with zero attached hydrogens (tertiary/aromatic N) is 2. The number of benzene rings is 1. The van der Waals surface area contributed by atoms with Crippen LogP contribution in [-0.4, -0.2) is 24.7 Å². The van der Waals surface area contributed by atoms with Gasteiger partial charge in [-0.05, 0) is 37.0 Å². The van der Waals surface area contributed by atoms with E-state index in [1.54, 1.807) is 0 Å². The summed E-state index contributed by atoms with van der Waals surface area (Å²) in [6, 6.07) is 10.2. The lowest BCUT2D eigenvalue weighted by Gasteiger charge is -2.36. The second kappa shape index (κ2) is 8.19. The van der Waals surface area contributed by atoms with Gasteiger partial charge in [-0.2, -0.15) is 5.10 Å². The van der Waals surface area contributed by atoms with Crippen LogP contribution in [-0.2, 0) is 17.6 Å². The molecule has 0 aliphatic heterocycles. The average Bonchev–Trinajstić information content (AvgIpc) is 2.89. The minimum atomic E-state index is -1.65. The smallest absolute Gasteiger partial charge is 0.191 e. The summed E-state index contributed by atoms with van der Waals surface area (Å²) in [5.74, 6) is 0.856. The molecule has 138 valence electrons. The van der Waals surface area contributed by atoms with E-state index in [0.29, 0.717) is 6.61 Å². The largest absolute Gasteiger partial charge is 0.485 e. The Bertz CT molecular complexity index is 660. The molecule has 4 nitrogen and oxygen atoms in total. The molecule has 1 heterocycles. The maximum Gasteiger partial charge on any atom is 0.191 e. The van der Waals surface area contributed by atoms with Crippen molar-refractivity contribution >= 4 is 8.32 Å². The minimum Gasteiger partial charge on any atom is -0.485 e. The van der Waals surface area contributed by atoms with E-state index >= 15 is 0 Å². The predicted molar refractivity (Wildman–Crippen MR) is 106 cm³/mol. The number of hydrogen-bond acceptors (Lipinski definition) is 3. The van der Waals surface area contributed by atoms with E-state index in [1.807, 2.05) is 36.0 Å². The first kappa shape index (κ1) is 19.7. The summed E-state index contributed by atoms with van der Waals surface area (Å²) in [5, 5.41) is 4.81. The highest BCUT2D eigenvalue weighted by Crippen LogP contribution is 2.36. The average molecular weight is 361 g/mol. The van der Waals surface area contributed by atoms with Crippen LogP contribution in [0.4, 0.5) is 0 Å². The van der Waals surface area contributed by atoms with Crippen LogP contribution in [0.5, 0.6) is 5.75 Å².